The summed E-state index contributed by atoms with van der Waals surface area (Å²) in [5.74, 6) is -0.965. The van der Waals surface area contributed by atoms with Crippen molar-refractivity contribution >= 4 is 17.6 Å². The Labute approximate surface area is 139 Å². The van der Waals surface area contributed by atoms with Crippen molar-refractivity contribution in [1.29, 1.82) is 0 Å². The normalized spacial score (nSPS) is 25.2. The van der Waals surface area contributed by atoms with Gasteiger partial charge >= 0.3 is 5.97 Å². The first-order valence-electron chi connectivity index (χ1n) is 7.56. The average molecular weight is 333 g/mol. The highest BCUT2D eigenvalue weighted by Gasteiger charge is 2.35. The molecule has 3 atom stereocenters. The van der Waals surface area contributed by atoms with Gasteiger partial charge in [-0.25, -0.2) is 4.79 Å². The van der Waals surface area contributed by atoms with E-state index in [1.807, 2.05) is 24.3 Å². The summed E-state index contributed by atoms with van der Waals surface area (Å²) in [6.07, 6.45) is 6.23. The molecule has 0 saturated carbocycles. The van der Waals surface area contributed by atoms with Crippen LogP contribution in [0.25, 0.3) is 0 Å². The molecule has 24 heavy (non-hydrogen) atoms. The number of carbonyl (C=O) groups is 2. The summed E-state index contributed by atoms with van der Waals surface area (Å²) in [5.41, 5.74) is 1.01. The van der Waals surface area contributed by atoms with Crippen LogP contribution < -0.4 is 5.32 Å². The fourth-order valence-corrected chi connectivity index (χ4v) is 2.75. The van der Waals surface area contributed by atoms with Gasteiger partial charge in [-0.05, 0) is 6.92 Å². The molecule has 8 heteroatoms. The molecule has 1 aromatic heterocycles. The molecule has 2 aliphatic rings. The topological polar surface area (TPSA) is 91.7 Å². The summed E-state index contributed by atoms with van der Waals surface area (Å²) in [6.45, 7) is 1.84. The van der Waals surface area contributed by atoms with Gasteiger partial charge in [-0.2, -0.15) is 5.10 Å². The van der Waals surface area contributed by atoms with Gasteiger partial charge in [0.15, 0.2) is 11.8 Å². The molecule has 1 aromatic rings. The Morgan fingerprint density at radius 1 is 1.33 bits per heavy atom. The van der Waals surface area contributed by atoms with Crippen LogP contribution >= 0.6 is 0 Å². The number of allylic oxidation sites excluding steroid dienone is 2. The number of esters is 1. The number of fused-ring (bicyclic) bond motifs is 1. The molecule has 8 nitrogen and oxygen atoms in total. The molecule has 128 valence electrons. The fraction of sp³-hybridized carbons (Fsp3) is 0.438. The van der Waals surface area contributed by atoms with E-state index in [-0.39, 0.29) is 24.5 Å². The Bertz CT molecular complexity index is 722. The molecule has 1 amide bonds. The SMILES string of the molecule is COC(=O)c1c(NC(=O)C2COC3C=CC=CC3O2)c(C)nn1C. The minimum atomic E-state index is -0.771. The third-order valence-corrected chi connectivity index (χ3v) is 3.94. The number of hydrogen-bond donors (Lipinski definition) is 1. The second kappa shape index (κ2) is 6.58. The molecule has 1 saturated heterocycles. The largest absolute Gasteiger partial charge is 0.464 e. The van der Waals surface area contributed by atoms with Crippen LogP contribution in [0.3, 0.4) is 0 Å². The molecule has 3 rings (SSSR count). The highest BCUT2D eigenvalue weighted by Crippen LogP contribution is 2.24. The van der Waals surface area contributed by atoms with Crippen LogP contribution in [0, 0.1) is 6.92 Å². The van der Waals surface area contributed by atoms with E-state index >= 15 is 0 Å². The highest BCUT2D eigenvalue weighted by molar-refractivity contribution is 6.02. The van der Waals surface area contributed by atoms with Gasteiger partial charge < -0.3 is 19.5 Å². The standard InChI is InChI=1S/C16H19N3O5/c1-9-13(14(16(21)22-3)19(2)18-9)17-15(20)12-8-23-10-6-4-5-7-11(10)24-12/h4-7,10-12H,8H2,1-3H3,(H,17,20). The number of anilines is 1. The predicted molar refractivity (Wildman–Crippen MR) is 84.6 cm³/mol. The van der Waals surface area contributed by atoms with Crippen molar-refractivity contribution in [1.82, 2.24) is 9.78 Å². The molecule has 0 radical (unpaired) electrons. The first-order chi connectivity index (χ1) is 11.5. The zero-order valence-corrected chi connectivity index (χ0v) is 13.7. The number of aryl methyl sites for hydroxylation is 2. The Morgan fingerprint density at radius 3 is 2.75 bits per heavy atom. The van der Waals surface area contributed by atoms with Gasteiger partial charge in [0, 0.05) is 7.05 Å². The van der Waals surface area contributed by atoms with Crippen molar-refractivity contribution in [3.05, 3.63) is 35.7 Å². The molecule has 0 spiro atoms. The third kappa shape index (κ3) is 2.98. The van der Waals surface area contributed by atoms with Gasteiger partial charge in [0.1, 0.15) is 12.2 Å². The summed E-state index contributed by atoms with van der Waals surface area (Å²) >= 11 is 0. The molecule has 0 aromatic carbocycles. The van der Waals surface area contributed by atoms with Crippen molar-refractivity contribution < 1.29 is 23.8 Å². The Hall–Kier alpha value is -2.45. The average Bonchev–Trinajstić information content (AvgIpc) is 2.87. The van der Waals surface area contributed by atoms with Crippen LogP contribution in [-0.2, 0) is 26.1 Å². The van der Waals surface area contributed by atoms with E-state index in [1.54, 1.807) is 14.0 Å². The molecule has 1 aliphatic heterocycles. The molecular formula is C16H19N3O5. The van der Waals surface area contributed by atoms with Gasteiger partial charge in [0.25, 0.3) is 5.91 Å². The van der Waals surface area contributed by atoms with Gasteiger partial charge in [-0.15, -0.1) is 0 Å². The Balaban J connectivity index is 1.75. The number of aromatic nitrogens is 2. The van der Waals surface area contributed by atoms with Crippen molar-refractivity contribution in [3.8, 4) is 0 Å². The number of rotatable bonds is 3. The third-order valence-electron chi connectivity index (χ3n) is 3.94. The van der Waals surface area contributed by atoms with Crippen LogP contribution in [0.2, 0.25) is 0 Å². The summed E-state index contributed by atoms with van der Waals surface area (Å²) in [4.78, 5) is 24.4. The van der Waals surface area contributed by atoms with Crippen LogP contribution in [0.4, 0.5) is 5.69 Å². The number of methoxy groups -OCH3 is 1. The number of nitrogens with one attached hydrogen (secondary N) is 1. The molecule has 3 unspecified atom stereocenters. The first kappa shape index (κ1) is 16.4. The van der Waals surface area contributed by atoms with E-state index in [9.17, 15) is 9.59 Å². The summed E-state index contributed by atoms with van der Waals surface area (Å²) in [6, 6.07) is 0. The van der Waals surface area contributed by atoms with Crippen LogP contribution in [-0.4, -0.2) is 53.7 Å². The first-order valence-corrected chi connectivity index (χ1v) is 7.56. The smallest absolute Gasteiger partial charge is 0.358 e. The lowest BCUT2D eigenvalue weighted by Gasteiger charge is -2.34. The minimum absolute atomic E-state index is 0.137. The van der Waals surface area contributed by atoms with Crippen molar-refractivity contribution in [2.24, 2.45) is 7.05 Å². The number of nitrogens with zero attached hydrogens (tertiary/aromatic N) is 2. The molecule has 0 bridgehead atoms. The molecule has 2 heterocycles. The maximum atomic E-state index is 12.5. The Kier molecular flexibility index (Phi) is 4.50. The lowest BCUT2D eigenvalue weighted by atomic mass is 10.1. The summed E-state index contributed by atoms with van der Waals surface area (Å²) < 4.78 is 17.6. The van der Waals surface area contributed by atoms with E-state index in [4.69, 9.17) is 14.2 Å². The predicted octanol–water partition coefficient (Wildman–Crippen LogP) is 0.732. The Morgan fingerprint density at radius 2 is 2.04 bits per heavy atom. The number of hydrogen-bond acceptors (Lipinski definition) is 6. The number of carbonyl (C=O) groups excluding carboxylic acids is 2. The monoisotopic (exact) mass is 333 g/mol. The zero-order chi connectivity index (χ0) is 17.3. The van der Waals surface area contributed by atoms with E-state index in [0.717, 1.165) is 0 Å². The van der Waals surface area contributed by atoms with E-state index in [2.05, 4.69) is 10.4 Å². The van der Waals surface area contributed by atoms with E-state index in [1.165, 1.54) is 11.8 Å². The maximum absolute atomic E-state index is 12.5. The van der Waals surface area contributed by atoms with Gasteiger partial charge in [-0.3, -0.25) is 9.48 Å². The second-order valence-electron chi connectivity index (χ2n) is 5.57. The fourth-order valence-electron chi connectivity index (χ4n) is 2.75. The lowest BCUT2D eigenvalue weighted by Crippen LogP contribution is -2.47. The lowest BCUT2D eigenvalue weighted by molar-refractivity contribution is -0.164. The second-order valence-corrected chi connectivity index (χ2v) is 5.57. The van der Waals surface area contributed by atoms with Gasteiger partial charge in [0.05, 0.1) is 25.1 Å². The molecule has 1 N–H and O–H groups in total. The minimum Gasteiger partial charge on any atom is -0.464 e. The molecular weight excluding hydrogens is 314 g/mol. The molecule has 1 aliphatic carbocycles. The van der Waals surface area contributed by atoms with E-state index in [0.29, 0.717) is 11.4 Å². The zero-order valence-electron chi connectivity index (χ0n) is 13.7. The number of ether oxygens (including phenoxy) is 3. The number of amides is 1. The van der Waals surface area contributed by atoms with Gasteiger partial charge in [0.2, 0.25) is 0 Å². The van der Waals surface area contributed by atoms with Crippen molar-refractivity contribution in [2.75, 3.05) is 19.0 Å². The maximum Gasteiger partial charge on any atom is 0.358 e. The van der Waals surface area contributed by atoms with Crippen LogP contribution in [0.15, 0.2) is 24.3 Å². The highest BCUT2D eigenvalue weighted by atomic mass is 16.6. The quantitative estimate of drug-likeness (QED) is 0.820. The van der Waals surface area contributed by atoms with Crippen molar-refractivity contribution in [2.45, 2.75) is 25.2 Å². The van der Waals surface area contributed by atoms with Crippen molar-refractivity contribution in [3.63, 3.8) is 0 Å². The van der Waals surface area contributed by atoms with E-state index < -0.39 is 18.0 Å². The summed E-state index contributed by atoms with van der Waals surface area (Å²) in [5, 5.41) is 6.86. The van der Waals surface area contributed by atoms with Gasteiger partial charge in [-0.1, -0.05) is 24.3 Å². The summed E-state index contributed by atoms with van der Waals surface area (Å²) in [7, 11) is 2.89. The van der Waals surface area contributed by atoms with Crippen LogP contribution in [0.1, 0.15) is 16.2 Å². The molecule has 1 fully saturated rings. The van der Waals surface area contributed by atoms with Crippen LogP contribution in [0.5, 0.6) is 0 Å².